The highest BCUT2D eigenvalue weighted by molar-refractivity contribution is 6.30. The second-order valence-corrected chi connectivity index (χ2v) is 7.83. The number of nitrogens with zero attached hydrogens (tertiary/aromatic N) is 2. The fourth-order valence-corrected chi connectivity index (χ4v) is 3.56. The van der Waals surface area contributed by atoms with Gasteiger partial charge in [0.15, 0.2) is 6.10 Å². The van der Waals surface area contributed by atoms with Crippen LogP contribution in [0.5, 0.6) is 0 Å². The maximum Gasteiger partial charge on any atom is 0.332 e. The summed E-state index contributed by atoms with van der Waals surface area (Å²) in [5.41, 5.74) is 2.68. The van der Waals surface area contributed by atoms with Crippen LogP contribution in [-0.2, 0) is 22.7 Å². The first-order valence-electron chi connectivity index (χ1n) is 10.2. The van der Waals surface area contributed by atoms with Crippen LogP contribution >= 0.6 is 11.6 Å². The van der Waals surface area contributed by atoms with Gasteiger partial charge in [-0.2, -0.15) is 5.10 Å². The summed E-state index contributed by atoms with van der Waals surface area (Å²) in [6.45, 7) is 0.300. The van der Waals surface area contributed by atoms with Crippen LogP contribution in [0.3, 0.4) is 0 Å². The summed E-state index contributed by atoms with van der Waals surface area (Å²) in [6.07, 6.45) is 0.685. The third-order valence-electron chi connectivity index (χ3n) is 5.22. The number of rotatable bonds is 8. The molecule has 0 saturated carbocycles. The van der Waals surface area contributed by atoms with E-state index >= 15 is 0 Å². The first-order valence-corrected chi connectivity index (χ1v) is 10.5. The van der Waals surface area contributed by atoms with E-state index in [2.05, 4.69) is 5.10 Å². The van der Waals surface area contributed by atoms with Crippen LogP contribution in [0.2, 0.25) is 5.02 Å². The molecule has 1 N–H and O–H groups in total. The highest BCUT2D eigenvalue weighted by Gasteiger charge is 2.19. The van der Waals surface area contributed by atoms with Gasteiger partial charge in [0.05, 0.1) is 18.2 Å². The van der Waals surface area contributed by atoms with Gasteiger partial charge in [0.2, 0.25) is 0 Å². The number of benzene rings is 3. The Morgan fingerprint density at radius 3 is 2.34 bits per heavy atom. The number of hydrogen-bond acceptors (Lipinski definition) is 4. The molecule has 6 nitrogen and oxygen atoms in total. The van der Waals surface area contributed by atoms with Crippen LogP contribution in [-0.4, -0.2) is 27.0 Å². The lowest BCUT2D eigenvalue weighted by Gasteiger charge is -2.14. The van der Waals surface area contributed by atoms with E-state index in [0.29, 0.717) is 10.4 Å². The standard InChI is InChI=1S/C25H21ClN2O4/c26-21-11-9-19(10-12-21)18-7-5-17(6-8-18)16-32-23(25(30)31)13-14-28-24(29)22-4-2-1-3-20(22)15-27-28/h1-12,15,23H,13-14,16H2,(H,30,31). The largest absolute Gasteiger partial charge is 0.479 e. The van der Waals surface area contributed by atoms with Gasteiger partial charge in [-0.1, -0.05) is 66.2 Å². The van der Waals surface area contributed by atoms with Crippen LogP contribution < -0.4 is 5.56 Å². The summed E-state index contributed by atoms with van der Waals surface area (Å²) < 4.78 is 6.92. The lowest BCUT2D eigenvalue weighted by molar-refractivity contribution is -0.151. The number of hydrogen-bond donors (Lipinski definition) is 1. The molecule has 1 heterocycles. The second kappa shape index (κ2) is 9.77. The maximum atomic E-state index is 12.6. The van der Waals surface area contributed by atoms with E-state index in [-0.39, 0.29) is 25.1 Å². The number of aromatic nitrogens is 2. The molecule has 0 spiro atoms. The Bertz CT molecular complexity index is 1280. The Kier molecular flexibility index (Phi) is 6.63. The number of carboxylic acids is 1. The fourth-order valence-electron chi connectivity index (χ4n) is 3.44. The number of carbonyl (C=O) groups is 1. The Morgan fingerprint density at radius 1 is 1.00 bits per heavy atom. The van der Waals surface area contributed by atoms with Crippen molar-refractivity contribution in [2.24, 2.45) is 0 Å². The molecule has 0 radical (unpaired) electrons. The van der Waals surface area contributed by atoms with E-state index in [9.17, 15) is 14.7 Å². The molecule has 7 heteroatoms. The minimum absolute atomic E-state index is 0.128. The second-order valence-electron chi connectivity index (χ2n) is 7.39. The van der Waals surface area contributed by atoms with Gasteiger partial charge in [0, 0.05) is 23.4 Å². The van der Waals surface area contributed by atoms with E-state index in [1.165, 1.54) is 4.68 Å². The lowest BCUT2D eigenvalue weighted by atomic mass is 10.0. The summed E-state index contributed by atoms with van der Waals surface area (Å²) in [7, 11) is 0. The fraction of sp³-hybridized carbons (Fsp3) is 0.160. The van der Waals surface area contributed by atoms with Crippen LogP contribution in [0.4, 0.5) is 0 Å². The normalized spacial score (nSPS) is 12.0. The van der Waals surface area contributed by atoms with Crippen molar-refractivity contribution in [3.05, 3.63) is 99.9 Å². The van der Waals surface area contributed by atoms with Crippen molar-refractivity contribution in [3.8, 4) is 11.1 Å². The Hall–Kier alpha value is -3.48. The van der Waals surface area contributed by atoms with Gasteiger partial charge in [-0.05, 0) is 34.9 Å². The Morgan fingerprint density at radius 2 is 1.66 bits per heavy atom. The van der Waals surface area contributed by atoms with Gasteiger partial charge < -0.3 is 9.84 Å². The molecule has 0 saturated heterocycles. The molecule has 0 aliphatic carbocycles. The van der Waals surface area contributed by atoms with E-state index in [1.807, 2.05) is 60.7 Å². The molecule has 0 bridgehead atoms. The molecular weight excluding hydrogens is 428 g/mol. The zero-order chi connectivity index (χ0) is 22.5. The van der Waals surface area contributed by atoms with Gasteiger partial charge in [-0.15, -0.1) is 0 Å². The molecule has 0 aliphatic heterocycles. The van der Waals surface area contributed by atoms with Crippen molar-refractivity contribution in [1.82, 2.24) is 9.78 Å². The van der Waals surface area contributed by atoms with E-state index < -0.39 is 12.1 Å². The highest BCUT2D eigenvalue weighted by atomic mass is 35.5. The summed E-state index contributed by atoms with van der Waals surface area (Å²) in [6, 6.07) is 22.4. The van der Waals surface area contributed by atoms with Crippen molar-refractivity contribution >= 4 is 28.3 Å². The molecule has 4 rings (SSSR count). The summed E-state index contributed by atoms with van der Waals surface area (Å²) in [4.78, 5) is 24.2. The average molecular weight is 449 g/mol. The molecule has 0 amide bonds. The number of carboxylic acid groups (broad SMARTS) is 1. The van der Waals surface area contributed by atoms with Crippen LogP contribution in [0.15, 0.2) is 83.8 Å². The Balaban J connectivity index is 1.39. The zero-order valence-electron chi connectivity index (χ0n) is 17.1. The van der Waals surface area contributed by atoms with Crippen molar-refractivity contribution in [3.63, 3.8) is 0 Å². The molecular formula is C25H21ClN2O4. The van der Waals surface area contributed by atoms with Gasteiger partial charge >= 0.3 is 5.97 Å². The van der Waals surface area contributed by atoms with Gasteiger partial charge in [0.1, 0.15) is 0 Å². The first-order chi connectivity index (χ1) is 15.5. The van der Waals surface area contributed by atoms with Crippen LogP contribution in [0.25, 0.3) is 21.9 Å². The molecule has 1 unspecified atom stereocenters. The molecule has 0 aliphatic rings. The molecule has 0 fully saturated rings. The van der Waals surface area contributed by atoms with Crippen molar-refractivity contribution in [2.45, 2.75) is 25.7 Å². The maximum absolute atomic E-state index is 12.6. The topological polar surface area (TPSA) is 81.4 Å². The van der Waals surface area contributed by atoms with Crippen molar-refractivity contribution < 1.29 is 14.6 Å². The van der Waals surface area contributed by atoms with Gasteiger partial charge in [-0.3, -0.25) is 4.79 Å². The third kappa shape index (κ3) is 5.04. The molecule has 1 atom stereocenters. The number of aryl methyl sites for hydroxylation is 1. The third-order valence-corrected chi connectivity index (χ3v) is 5.48. The quantitative estimate of drug-likeness (QED) is 0.419. The minimum atomic E-state index is -1.07. The number of aliphatic carboxylic acids is 1. The summed E-state index contributed by atoms with van der Waals surface area (Å²) in [5, 5.41) is 15.7. The van der Waals surface area contributed by atoms with Crippen LogP contribution in [0, 0.1) is 0 Å². The van der Waals surface area contributed by atoms with E-state index in [4.69, 9.17) is 16.3 Å². The predicted octanol–water partition coefficient (Wildman–Crippen LogP) is 4.78. The predicted molar refractivity (Wildman–Crippen MR) is 124 cm³/mol. The smallest absolute Gasteiger partial charge is 0.332 e. The monoisotopic (exact) mass is 448 g/mol. The SMILES string of the molecule is O=C(O)C(CCn1ncc2ccccc2c1=O)OCc1ccc(-c2ccc(Cl)cc2)cc1. The molecule has 4 aromatic rings. The number of halogens is 1. The van der Waals surface area contributed by atoms with Gasteiger partial charge in [-0.25, -0.2) is 9.48 Å². The van der Waals surface area contributed by atoms with Crippen LogP contribution in [0.1, 0.15) is 12.0 Å². The number of ether oxygens (including phenoxy) is 1. The van der Waals surface area contributed by atoms with E-state index in [1.54, 1.807) is 18.3 Å². The molecule has 1 aromatic heterocycles. The molecule has 32 heavy (non-hydrogen) atoms. The summed E-state index contributed by atoms with van der Waals surface area (Å²) in [5.74, 6) is -1.07. The van der Waals surface area contributed by atoms with Crippen molar-refractivity contribution in [1.29, 1.82) is 0 Å². The minimum Gasteiger partial charge on any atom is -0.479 e. The molecule has 162 valence electrons. The average Bonchev–Trinajstić information content (AvgIpc) is 2.81. The van der Waals surface area contributed by atoms with Gasteiger partial charge in [0.25, 0.3) is 5.56 Å². The summed E-state index contributed by atoms with van der Waals surface area (Å²) >= 11 is 5.93. The van der Waals surface area contributed by atoms with E-state index in [0.717, 1.165) is 22.1 Å². The van der Waals surface area contributed by atoms with Crippen molar-refractivity contribution in [2.75, 3.05) is 0 Å². The first kappa shape index (κ1) is 21.7. The molecule has 3 aromatic carbocycles. The Labute approximate surface area is 189 Å². The zero-order valence-corrected chi connectivity index (χ0v) is 17.9. The highest BCUT2D eigenvalue weighted by Crippen LogP contribution is 2.22. The number of fused-ring (bicyclic) bond motifs is 1. The lowest BCUT2D eigenvalue weighted by Crippen LogP contribution is -2.29.